The number of aliphatic carboxylic acids is 1. The molecule has 4 aromatic rings. The van der Waals surface area contributed by atoms with Crippen molar-refractivity contribution in [1.29, 1.82) is 0 Å². The van der Waals surface area contributed by atoms with Crippen LogP contribution in [0.15, 0.2) is 47.4 Å². The maximum atomic E-state index is 12.3. The molecule has 3 heterocycles. The van der Waals surface area contributed by atoms with Crippen molar-refractivity contribution in [2.45, 2.75) is 6.42 Å². The highest BCUT2D eigenvalue weighted by Gasteiger charge is 2.13. The second kappa shape index (κ2) is 7.27. The first kappa shape index (κ1) is 17.3. The number of carboxylic acids is 1. The molecule has 3 aromatic heterocycles. The smallest absolute Gasteiger partial charge is 0.305 e. The Morgan fingerprint density at radius 1 is 1.14 bits per heavy atom. The van der Waals surface area contributed by atoms with E-state index in [0.29, 0.717) is 22.8 Å². The molecule has 0 saturated heterocycles. The summed E-state index contributed by atoms with van der Waals surface area (Å²) in [6.45, 7) is 0.197. The predicted octanol–water partition coefficient (Wildman–Crippen LogP) is 1.66. The van der Waals surface area contributed by atoms with Crippen LogP contribution in [0.25, 0.3) is 33.8 Å². The number of nitrogens with one attached hydrogen (secondary N) is 3. The van der Waals surface area contributed by atoms with E-state index in [4.69, 9.17) is 5.11 Å². The van der Waals surface area contributed by atoms with Crippen molar-refractivity contribution in [3.63, 3.8) is 0 Å². The Hall–Kier alpha value is -4.08. The number of hydrogen-bond acceptors (Lipinski definition) is 7. The molecule has 0 aliphatic heterocycles. The molecule has 0 aliphatic carbocycles. The highest BCUT2D eigenvalue weighted by molar-refractivity contribution is 5.79. The molecule has 1 aromatic carbocycles. The Balaban J connectivity index is 1.67. The molecule has 0 bridgehead atoms. The number of anilines is 1. The van der Waals surface area contributed by atoms with Gasteiger partial charge >= 0.3 is 5.97 Å². The fraction of sp³-hybridized carbons (Fsp3) is 0.111. The van der Waals surface area contributed by atoms with Crippen molar-refractivity contribution < 1.29 is 9.90 Å². The van der Waals surface area contributed by atoms with Crippen LogP contribution >= 0.6 is 0 Å². The van der Waals surface area contributed by atoms with Crippen molar-refractivity contribution in [3.05, 3.63) is 52.9 Å². The number of carbonyl (C=O) groups is 1. The highest BCUT2D eigenvalue weighted by atomic mass is 16.4. The van der Waals surface area contributed by atoms with Crippen LogP contribution in [0.3, 0.4) is 0 Å². The summed E-state index contributed by atoms with van der Waals surface area (Å²) in [6, 6.07) is 10.7. The molecule has 0 fully saturated rings. The molecule has 0 saturated carbocycles. The van der Waals surface area contributed by atoms with Gasteiger partial charge in [0.05, 0.1) is 28.7 Å². The van der Waals surface area contributed by atoms with Gasteiger partial charge in [0.2, 0.25) is 5.95 Å². The zero-order chi connectivity index (χ0) is 19.5. The molecule has 0 spiro atoms. The largest absolute Gasteiger partial charge is 0.481 e. The van der Waals surface area contributed by atoms with Crippen molar-refractivity contribution in [1.82, 2.24) is 30.1 Å². The van der Waals surface area contributed by atoms with E-state index in [9.17, 15) is 9.59 Å². The molecular weight excluding hydrogens is 362 g/mol. The maximum Gasteiger partial charge on any atom is 0.305 e. The average Bonchev–Trinajstić information content (AvgIpc) is 3.12. The number of aromatic nitrogens is 6. The molecule has 0 unspecified atom stereocenters. The molecule has 28 heavy (non-hydrogen) atoms. The van der Waals surface area contributed by atoms with Crippen molar-refractivity contribution >= 4 is 23.0 Å². The normalized spacial score (nSPS) is 10.9. The second-order valence-electron chi connectivity index (χ2n) is 5.93. The van der Waals surface area contributed by atoms with Crippen LogP contribution in [-0.2, 0) is 4.79 Å². The average molecular weight is 377 g/mol. The van der Waals surface area contributed by atoms with Gasteiger partial charge < -0.3 is 15.4 Å². The van der Waals surface area contributed by atoms with Gasteiger partial charge in [0.1, 0.15) is 11.5 Å². The first-order valence-electron chi connectivity index (χ1n) is 8.44. The number of rotatable bonds is 6. The first-order chi connectivity index (χ1) is 13.6. The molecule has 140 valence electrons. The lowest BCUT2D eigenvalue weighted by Crippen LogP contribution is -2.13. The number of benzene rings is 1. The summed E-state index contributed by atoms with van der Waals surface area (Å²) in [6.07, 6.45) is 1.47. The van der Waals surface area contributed by atoms with Gasteiger partial charge in [0, 0.05) is 12.7 Å². The topological polar surface area (TPSA) is 150 Å². The van der Waals surface area contributed by atoms with Gasteiger partial charge in [-0.3, -0.25) is 9.59 Å². The maximum absolute atomic E-state index is 12.3. The summed E-state index contributed by atoms with van der Waals surface area (Å²) in [5, 5.41) is 18.1. The summed E-state index contributed by atoms with van der Waals surface area (Å²) in [4.78, 5) is 38.8. The molecular formula is C18H15N7O3. The second-order valence-corrected chi connectivity index (χ2v) is 5.93. The van der Waals surface area contributed by atoms with Gasteiger partial charge in [0.25, 0.3) is 5.56 Å². The molecule has 0 radical (unpaired) electrons. The van der Waals surface area contributed by atoms with E-state index in [2.05, 4.69) is 35.5 Å². The Bertz CT molecular complexity index is 1180. The third-order valence-electron chi connectivity index (χ3n) is 3.99. The van der Waals surface area contributed by atoms with Gasteiger partial charge in [-0.1, -0.05) is 12.1 Å². The van der Waals surface area contributed by atoms with Gasteiger partial charge in [-0.25, -0.2) is 20.1 Å². The standard InChI is InChI=1S/C18H15N7O3/c26-15(27)6-8-20-18-19-7-5-13(23-18)14-9-10(17(28)25-24-14)16-21-11-3-1-2-4-12(11)22-16/h1-5,7,9H,6,8H2,(H,21,22)(H,25,28)(H,26,27)(H,19,20,23). The Morgan fingerprint density at radius 3 is 2.82 bits per heavy atom. The number of para-hydroxylation sites is 2. The van der Waals surface area contributed by atoms with E-state index in [-0.39, 0.29) is 24.5 Å². The van der Waals surface area contributed by atoms with Crippen LogP contribution in [0, 0.1) is 0 Å². The van der Waals surface area contributed by atoms with E-state index in [1.54, 1.807) is 12.1 Å². The third-order valence-corrected chi connectivity index (χ3v) is 3.99. The van der Waals surface area contributed by atoms with Crippen LogP contribution in [0.4, 0.5) is 5.95 Å². The lowest BCUT2D eigenvalue weighted by Gasteiger charge is -2.05. The van der Waals surface area contributed by atoms with Gasteiger partial charge in [-0.15, -0.1) is 0 Å². The number of imidazole rings is 1. The number of carboxylic acid groups (broad SMARTS) is 1. The molecule has 10 nitrogen and oxygen atoms in total. The molecule has 4 rings (SSSR count). The summed E-state index contributed by atoms with van der Waals surface area (Å²) in [5.74, 6) is -0.210. The number of nitrogens with zero attached hydrogens (tertiary/aromatic N) is 4. The van der Waals surface area contributed by atoms with Crippen molar-refractivity contribution in [2.24, 2.45) is 0 Å². The van der Waals surface area contributed by atoms with Crippen LogP contribution in [-0.4, -0.2) is 47.8 Å². The van der Waals surface area contributed by atoms with Gasteiger partial charge in [-0.05, 0) is 24.3 Å². The fourth-order valence-electron chi connectivity index (χ4n) is 2.66. The Kier molecular flexibility index (Phi) is 4.50. The minimum absolute atomic E-state index is 0.0549. The van der Waals surface area contributed by atoms with Crippen LogP contribution in [0.1, 0.15) is 6.42 Å². The predicted molar refractivity (Wildman–Crippen MR) is 102 cm³/mol. The van der Waals surface area contributed by atoms with Crippen molar-refractivity contribution in [2.75, 3.05) is 11.9 Å². The zero-order valence-corrected chi connectivity index (χ0v) is 14.5. The van der Waals surface area contributed by atoms with Gasteiger partial charge in [-0.2, -0.15) is 5.10 Å². The number of aromatic amines is 2. The first-order valence-corrected chi connectivity index (χ1v) is 8.44. The van der Waals surface area contributed by atoms with Crippen LogP contribution in [0.5, 0.6) is 0 Å². The lowest BCUT2D eigenvalue weighted by molar-refractivity contribution is -0.136. The van der Waals surface area contributed by atoms with E-state index in [0.717, 1.165) is 11.0 Å². The minimum Gasteiger partial charge on any atom is -0.481 e. The minimum atomic E-state index is -0.915. The zero-order valence-electron chi connectivity index (χ0n) is 14.5. The quantitative estimate of drug-likeness (QED) is 0.396. The highest BCUT2D eigenvalue weighted by Crippen LogP contribution is 2.21. The Labute approximate surface area is 157 Å². The van der Waals surface area contributed by atoms with E-state index in [1.807, 2.05) is 24.3 Å². The number of hydrogen-bond donors (Lipinski definition) is 4. The fourth-order valence-corrected chi connectivity index (χ4v) is 2.66. The molecule has 4 N–H and O–H groups in total. The van der Waals surface area contributed by atoms with Crippen molar-refractivity contribution in [3.8, 4) is 22.8 Å². The summed E-state index contributed by atoms with van der Waals surface area (Å²) < 4.78 is 0. The molecule has 0 amide bonds. The molecule has 0 atom stereocenters. The van der Waals surface area contributed by atoms with Crippen LogP contribution < -0.4 is 10.9 Å². The van der Waals surface area contributed by atoms with E-state index >= 15 is 0 Å². The van der Waals surface area contributed by atoms with Crippen LogP contribution in [0.2, 0.25) is 0 Å². The lowest BCUT2D eigenvalue weighted by atomic mass is 10.2. The summed E-state index contributed by atoms with van der Waals surface area (Å²) in [7, 11) is 0. The number of H-pyrrole nitrogens is 2. The van der Waals surface area contributed by atoms with E-state index in [1.165, 1.54) is 6.20 Å². The third kappa shape index (κ3) is 3.56. The van der Waals surface area contributed by atoms with Gasteiger partial charge in [0.15, 0.2) is 0 Å². The summed E-state index contributed by atoms with van der Waals surface area (Å²) >= 11 is 0. The Morgan fingerprint density at radius 2 is 2.00 bits per heavy atom. The number of fused-ring (bicyclic) bond motifs is 1. The molecule has 10 heteroatoms. The summed E-state index contributed by atoms with van der Waals surface area (Å²) in [5.41, 5.74) is 2.43. The monoisotopic (exact) mass is 377 g/mol. The molecule has 0 aliphatic rings. The SMILES string of the molecule is O=C(O)CCNc1nccc(-c2cc(-c3nc4ccccc4[nH]3)c(=O)[nH]n2)n1. The van der Waals surface area contributed by atoms with E-state index < -0.39 is 5.97 Å².